The molecular formula is C19H17N3O2S2. The maximum atomic E-state index is 12.5. The van der Waals surface area contributed by atoms with Gasteiger partial charge < -0.3 is 10.2 Å². The van der Waals surface area contributed by atoms with Crippen molar-refractivity contribution in [3.05, 3.63) is 48.0 Å². The van der Waals surface area contributed by atoms with Crippen molar-refractivity contribution < 1.29 is 9.59 Å². The fourth-order valence-electron chi connectivity index (χ4n) is 2.87. The smallest absolute Gasteiger partial charge is 0.246 e. The Balaban J connectivity index is 1.51. The van der Waals surface area contributed by atoms with E-state index in [0.717, 1.165) is 27.2 Å². The summed E-state index contributed by atoms with van der Waals surface area (Å²) < 4.78 is 1.05. The van der Waals surface area contributed by atoms with E-state index in [4.69, 9.17) is 0 Å². The second-order valence-corrected chi connectivity index (χ2v) is 8.01. The number of fused-ring (bicyclic) bond motifs is 2. The molecular weight excluding hydrogens is 366 g/mol. The van der Waals surface area contributed by atoms with Gasteiger partial charge in [0.05, 0.1) is 21.7 Å². The molecule has 132 valence electrons. The lowest BCUT2D eigenvalue weighted by atomic mass is 10.2. The van der Waals surface area contributed by atoms with Crippen LogP contribution in [0.5, 0.6) is 0 Å². The molecule has 0 spiro atoms. The third kappa shape index (κ3) is 3.32. The molecule has 1 N–H and O–H groups in total. The number of hydrogen-bond acceptors (Lipinski definition) is 5. The molecule has 1 aliphatic heterocycles. The Bertz CT molecular complexity index is 999. The average molecular weight is 383 g/mol. The summed E-state index contributed by atoms with van der Waals surface area (Å²) in [4.78, 5) is 31.8. The van der Waals surface area contributed by atoms with Crippen LogP contribution in [0, 0.1) is 0 Å². The van der Waals surface area contributed by atoms with Crippen molar-refractivity contribution >= 4 is 55.9 Å². The van der Waals surface area contributed by atoms with Gasteiger partial charge >= 0.3 is 0 Å². The Morgan fingerprint density at radius 3 is 2.96 bits per heavy atom. The first-order valence-corrected chi connectivity index (χ1v) is 10.2. The Morgan fingerprint density at radius 2 is 2.12 bits per heavy atom. The summed E-state index contributed by atoms with van der Waals surface area (Å²) in [5.41, 5.74) is 2.91. The highest BCUT2D eigenvalue weighted by atomic mass is 32.2. The van der Waals surface area contributed by atoms with Crippen LogP contribution in [-0.4, -0.2) is 29.1 Å². The molecule has 0 saturated heterocycles. The monoisotopic (exact) mass is 383 g/mol. The molecule has 0 bridgehead atoms. The molecule has 0 fully saturated rings. The number of thioether (sulfide) groups is 1. The minimum Gasteiger partial charge on any atom is -0.301 e. The number of para-hydroxylation sites is 1. The Hall–Kier alpha value is -2.38. The van der Waals surface area contributed by atoms with Gasteiger partial charge in [0.15, 0.2) is 5.13 Å². The zero-order chi connectivity index (χ0) is 18.1. The number of aromatic nitrogens is 1. The normalized spacial score (nSPS) is 13.7. The van der Waals surface area contributed by atoms with E-state index in [0.29, 0.717) is 10.9 Å². The van der Waals surface area contributed by atoms with Crippen molar-refractivity contribution in [2.75, 3.05) is 22.5 Å². The number of nitrogens with zero attached hydrogens (tertiary/aromatic N) is 2. The quantitative estimate of drug-likeness (QED) is 0.741. The van der Waals surface area contributed by atoms with E-state index in [1.807, 2.05) is 30.3 Å². The highest BCUT2D eigenvalue weighted by Gasteiger charge is 2.26. The van der Waals surface area contributed by atoms with Crippen LogP contribution in [-0.2, 0) is 16.0 Å². The van der Waals surface area contributed by atoms with Gasteiger partial charge in [0.25, 0.3) is 0 Å². The standard InChI is InChI=1S/C19H17N3O2S2/c1-2-12-7-8-13-16(9-12)26-19(20-13)21-17(23)10-22-14-5-3-4-6-15(14)25-11-18(22)24/h3-9H,2,10-11H2,1H3,(H,20,21,23). The maximum absolute atomic E-state index is 12.5. The molecule has 2 heterocycles. The van der Waals surface area contributed by atoms with Crippen LogP contribution < -0.4 is 10.2 Å². The third-order valence-electron chi connectivity index (χ3n) is 4.22. The van der Waals surface area contributed by atoms with Crippen LogP contribution in [0.25, 0.3) is 10.2 Å². The molecule has 5 nitrogen and oxygen atoms in total. The van der Waals surface area contributed by atoms with Crippen molar-refractivity contribution in [3.63, 3.8) is 0 Å². The van der Waals surface area contributed by atoms with E-state index in [-0.39, 0.29) is 18.4 Å². The van der Waals surface area contributed by atoms with E-state index < -0.39 is 0 Å². The average Bonchev–Trinajstić information content (AvgIpc) is 3.05. The molecule has 2 amide bonds. The topological polar surface area (TPSA) is 62.3 Å². The molecule has 0 aliphatic carbocycles. The molecule has 0 radical (unpaired) electrons. The van der Waals surface area contributed by atoms with Crippen LogP contribution >= 0.6 is 23.1 Å². The largest absolute Gasteiger partial charge is 0.301 e. The molecule has 4 rings (SSSR count). The lowest BCUT2D eigenvalue weighted by Crippen LogP contribution is -2.41. The number of carbonyl (C=O) groups is 2. The molecule has 0 atom stereocenters. The van der Waals surface area contributed by atoms with E-state index in [1.54, 1.807) is 4.90 Å². The van der Waals surface area contributed by atoms with Gasteiger partial charge in [-0.2, -0.15) is 0 Å². The van der Waals surface area contributed by atoms with Gasteiger partial charge in [-0.05, 0) is 36.2 Å². The van der Waals surface area contributed by atoms with Gasteiger partial charge in [-0.1, -0.05) is 36.5 Å². The third-order valence-corrected chi connectivity index (χ3v) is 6.20. The fourth-order valence-corrected chi connectivity index (χ4v) is 4.75. The number of thiazole rings is 1. The number of anilines is 2. The minimum absolute atomic E-state index is 0.00740. The zero-order valence-corrected chi connectivity index (χ0v) is 15.8. The first kappa shape index (κ1) is 17.1. The van der Waals surface area contributed by atoms with Crippen LogP contribution in [0.4, 0.5) is 10.8 Å². The number of rotatable bonds is 4. The Kier molecular flexibility index (Phi) is 4.65. The summed E-state index contributed by atoms with van der Waals surface area (Å²) in [6.45, 7) is 2.10. The van der Waals surface area contributed by atoms with Crippen molar-refractivity contribution in [2.45, 2.75) is 18.2 Å². The number of aryl methyl sites for hydroxylation is 1. The van der Waals surface area contributed by atoms with Crippen LogP contribution in [0.2, 0.25) is 0 Å². The molecule has 0 saturated carbocycles. The predicted molar refractivity (Wildman–Crippen MR) is 107 cm³/mol. The van der Waals surface area contributed by atoms with Crippen molar-refractivity contribution in [1.29, 1.82) is 0 Å². The molecule has 1 aliphatic rings. The molecule has 1 aromatic heterocycles. The summed E-state index contributed by atoms with van der Waals surface area (Å²) >= 11 is 2.96. The summed E-state index contributed by atoms with van der Waals surface area (Å²) in [6, 6.07) is 13.8. The second kappa shape index (κ2) is 7.09. The summed E-state index contributed by atoms with van der Waals surface area (Å²) in [6.07, 6.45) is 0.962. The molecule has 3 aromatic rings. The minimum atomic E-state index is -0.241. The van der Waals surface area contributed by atoms with Crippen LogP contribution in [0.15, 0.2) is 47.4 Å². The van der Waals surface area contributed by atoms with E-state index >= 15 is 0 Å². The van der Waals surface area contributed by atoms with Gasteiger partial charge in [0.2, 0.25) is 11.8 Å². The highest BCUT2D eigenvalue weighted by molar-refractivity contribution is 8.00. The van der Waals surface area contributed by atoms with Gasteiger partial charge in [0.1, 0.15) is 6.54 Å². The van der Waals surface area contributed by atoms with Gasteiger partial charge in [0, 0.05) is 4.90 Å². The number of amides is 2. The van der Waals surface area contributed by atoms with E-state index in [1.165, 1.54) is 28.7 Å². The number of benzene rings is 2. The fraction of sp³-hybridized carbons (Fsp3) is 0.211. The van der Waals surface area contributed by atoms with Crippen molar-refractivity contribution in [3.8, 4) is 0 Å². The van der Waals surface area contributed by atoms with Crippen LogP contribution in [0.3, 0.4) is 0 Å². The Morgan fingerprint density at radius 1 is 1.27 bits per heavy atom. The highest BCUT2D eigenvalue weighted by Crippen LogP contribution is 2.35. The van der Waals surface area contributed by atoms with Crippen molar-refractivity contribution in [1.82, 2.24) is 4.98 Å². The maximum Gasteiger partial charge on any atom is 0.246 e. The Labute approximate surface area is 159 Å². The van der Waals surface area contributed by atoms with Crippen molar-refractivity contribution in [2.24, 2.45) is 0 Å². The van der Waals surface area contributed by atoms with Gasteiger partial charge in [-0.3, -0.25) is 9.59 Å². The summed E-state index contributed by atoms with van der Waals surface area (Å²) in [7, 11) is 0. The molecule has 2 aromatic carbocycles. The summed E-state index contributed by atoms with van der Waals surface area (Å²) in [5, 5.41) is 3.40. The first-order valence-electron chi connectivity index (χ1n) is 8.35. The first-order chi connectivity index (χ1) is 12.6. The van der Waals surface area contributed by atoms with E-state index in [9.17, 15) is 9.59 Å². The lowest BCUT2D eigenvalue weighted by molar-refractivity contribution is -0.120. The number of hydrogen-bond donors (Lipinski definition) is 1. The summed E-state index contributed by atoms with van der Waals surface area (Å²) in [5.74, 6) is 0.0566. The predicted octanol–water partition coefficient (Wildman–Crippen LogP) is 3.94. The van der Waals surface area contributed by atoms with Gasteiger partial charge in [-0.25, -0.2) is 4.98 Å². The SMILES string of the molecule is CCc1ccc2nc(NC(=O)CN3C(=O)CSc4ccccc43)sc2c1. The molecule has 0 unspecified atom stereocenters. The van der Waals surface area contributed by atoms with E-state index in [2.05, 4.69) is 29.4 Å². The molecule has 26 heavy (non-hydrogen) atoms. The lowest BCUT2D eigenvalue weighted by Gasteiger charge is -2.28. The van der Waals surface area contributed by atoms with Crippen LogP contribution in [0.1, 0.15) is 12.5 Å². The number of carbonyl (C=O) groups excluding carboxylic acids is 2. The zero-order valence-electron chi connectivity index (χ0n) is 14.2. The number of nitrogens with one attached hydrogen (secondary N) is 1. The molecule has 7 heteroatoms. The second-order valence-electron chi connectivity index (χ2n) is 5.96. The van der Waals surface area contributed by atoms with Gasteiger partial charge in [-0.15, -0.1) is 11.8 Å².